The lowest BCUT2D eigenvalue weighted by molar-refractivity contribution is -0.136. The second-order valence-corrected chi connectivity index (χ2v) is 6.04. The SMILES string of the molecule is COC(=O)C1=C(C)NC(C)=C(C(=O)OC)N1c1cccc(NC(=S)NC#N)c1. The zero-order chi connectivity index (χ0) is 20.8. The Bertz CT molecular complexity index is 894. The van der Waals surface area contributed by atoms with Crippen LogP contribution in [0.25, 0.3) is 0 Å². The van der Waals surface area contributed by atoms with E-state index in [0.29, 0.717) is 22.8 Å². The summed E-state index contributed by atoms with van der Waals surface area (Å²) in [6.07, 6.45) is 1.73. The van der Waals surface area contributed by atoms with Gasteiger partial charge >= 0.3 is 11.9 Å². The lowest BCUT2D eigenvalue weighted by Gasteiger charge is -2.34. The van der Waals surface area contributed by atoms with Crippen LogP contribution in [0.2, 0.25) is 0 Å². The highest BCUT2D eigenvalue weighted by Crippen LogP contribution is 2.33. The van der Waals surface area contributed by atoms with E-state index in [1.807, 2.05) is 0 Å². The van der Waals surface area contributed by atoms with Crippen LogP contribution in [0, 0.1) is 11.5 Å². The minimum atomic E-state index is -0.626. The van der Waals surface area contributed by atoms with Crippen LogP contribution in [0.15, 0.2) is 47.1 Å². The minimum absolute atomic E-state index is 0.111. The van der Waals surface area contributed by atoms with Gasteiger partial charge < -0.3 is 20.1 Å². The molecule has 10 heteroatoms. The van der Waals surface area contributed by atoms with Gasteiger partial charge in [-0.05, 0) is 44.3 Å². The number of hydrogen-bond donors (Lipinski definition) is 3. The highest BCUT2D eigenvalue weighted by molar-refractivity contribution is 7.80. The number of ether oxygens (including phenoxy) is 2. The molecule has 0 saturated heterocycles. The number of benzene rings is 1. The summed E-state index contributed by atoms with van der Waals surface area (Å²) in [6.45, 7) is 3.40. The molecule has 9 nitrogen and oxygen atoms in total. The first kappa shape index (κ1) is 20.7. The van der Waals surface area contributed by atoms with Crippen molar-refractivity contribution in [2.45, 2.75) is 13.8 Å². The van der Waals surface area contributed by atoms with Crippen molar-refractivity contribution in [2.75, 3.05) is 24.4 Å². The average Bonchev–Trinajstić information content (AvgIpc) is 2.66. The summed E-state index contributed by atoms with van der Waals surface area (Å²) in [4.78, 5) is 26.4. The van der Waals surface area contributed by atoms with Crippen LogP contribution >= 0.6 is 12.2 Å². The molecule has 1 heterocycles. The average molecular weight is 401 g/mol. The monoisotopic (exact) mass is 401 g/mol. The standard InChI is InChI=1S/C18H19N5O4S/c1-10-14(16(24)26-3)23(15(11(2)21-10)17(25)27-4)13-7-5-6-12(8-13)22-18(28)20-9-19/h5-8,21H,1-4H3,(H2,20,22,28). The first-order valence-corrected chi connectivity index (χ1v) is 8.46. The molecular formula is C18H19N5O4S. The zero-order valence-electron chi connectivity index (χ0n) is 15.7. The van der Waals surface area contributed by atoms with Gasteiger partial charge in [0.25, 0.3) is 0 Å². The molecule has 0 amide bonds. The third-order valence-corrected chi connectivity index (χ3v) is 4.03. The Morgan fingerprint density at radius 2 is 1.71 bits per heavy atom. The molecule has 0 fully saturated rings. The Morgan fingerprint density at radius 3 is 2.21 bits per heavy atom. The van der Waals surface area contributed by atoms with E-state index in [4.69, 9.17) is 27.0 Å². The van der Waals surface area contributed by atoms with Gasteiger partial charge in [0.2, 0.25) is 0 Å². The van der Waals surface area contributed by atoms with Crippen molar-refractivity contribution in [3.05, 3.63) is 47.1 Å². The predicted octanol–water partition coefficient (Wildman–Crippen LogP) is 1.67. The highest BCUT2D eigenvalue weighted by Gasteiger charge is 2.35. The maximum Gasteiger partial charge on any atom is 0.356 e. The second-order valence-electron chi connectivity index (χ2n) is 5.63. The van der Waals surface area contributed by atoms with Crippen LogP contribution in [-0.4, -0.2) is 31.3 Å². The van der Waals surface area contributed by atoms with Gasteiger partial charge in [-0.1, -0.05) is 6.07 Å². The van der Waals surface area contributed by atoms with Crippen LogP contribution in [0.5, 0.6) is 0 Å². The van der Waals surface area contributed by atoms with E-state index in [2.05, 4.69) is 16.0 Å². The molecule has 0 saturated carbocycles. The normalized spacial score (nSPS) is 13.3. The number of carbonyl (C=O) groups is 2. The maximum absolute atomic E-state index is 12.5. The maximum atomic E-state index is 12.5. The number of allylic oxidation sites excluding steroid dienone is 2. The molecule has 0 spiro atoms. The molecule has 1 aliphatic rings. The molecule has 0 radical (unpaired) electrons. The van der Waals surface area contributed by atoms with Crippen LogP contribution in [-0.2, 0) is 19.1 Å². The van der Waals surface area contributed by atoms with E-state index < -0.39 is 11.9 Å². The van der Waals surface area contributed by atoms with E-state index in [9.17, 15) is 9.59 Å². The molecule has 0 unspecified atom stereocenters. The molecule has 28 heavy (non-hydrogen) atoms. The number of thiocarbonyl (C=S) groups is 1. The number of anilines is 2. The largest absolute Gasteiger partial charge is 0.464 e. The van der Waals surface area contributed by atoms with Gasteiger partial charge in [0.1, 0.15) is 0 Å². The molecule has 2 rings (SSSR count). The molecule has 1 aliphatic heterocycles. The molecule has 0 atom stereocenters. The fourth-order valence-corrected chi connectivity index (χ4v) is 2.89. The lowest BCUT2D eigenvalue weighted by Crippen LogP contribution is -2.40. The second kappa shape index (κ2) is 8.88. The quantitative estimate of drug-likeness (QED) is 0.298. The zero-order valence-corrected chi connectivity index (χ0v) is 16.6. The summed E-state index contributed by atoms with van der Waals surface area (Å²) in [5, 5.41) is 16.9. The lowest BCUT2D eigenvalue weighted by atomic mass is 10.1. The fourth-order valence-electron chi connectivity index (χ4n) is 2.72. The summed E-state index contributed by atoms with van der Waals surface area (Å²) < 4.78 is 9.80. The Morgan fingerprint density at radius 1 is 1.14 bits per heavy atom. The Balaban J connectivity index is 2.59. The highest BCUT2D eigenvalue weighted by atomic mass is 32.1. The van der Waals surface area contributed by atoms with Crippen LogP contribution < -0.4 is 20.9 Å². The number of methoxy groups -OCH3 is 2. The van der Waals surface area contributed by atoms with Gasteiger partial charge in [-0.25, -0.2) is 9.59 Å². The van der Waals surface area contributed by atoms with Gasteiger partial charge in [-0.2, -0.15) is 5.26 Å². The van der Waals surface area contributed by atoms with Gasteiger partial charge in [-0.15, -0.1) is 0 Å². The Labute approximate surface area is 167 Å². The topological polar surface area (TPSA) is 116 Å². The van der Waals surface area contributed by atoms with Gasteiger partial charge in [0.05, 0.1) is 14.2 Å². The van der Waals surface area contributed by atoms with Gasteiger partial charge in [0.15, 0.2) is 22.7 Å². The molecule has 3 N–H and O–H groups in total. The van der Waals surface area contributed by atoms with E-state index in [1.54, 1.807) is 44.3 Å². The van der Waals surface area contributed by atoms with Crippen molar-refractivity contribution in [1.29, 1.82) is 5.26 Å². The molecular weight excluding hydrogens is 382 g/mol. The Kier molecular flexibility index (Phi) is 6.57. The first-order chi connectivity index (χ1) is 13.3. The summed E-state index contributed by atoms with van der Waals surface area (Å²) in [7, 11) is 2.52. The predicted molar refractivity (Wildman–Crippen MR) is 106 cm³/mol. The number of nitrogens with zero attached hydrogens (tertiary/aromatic N) is 2. The summed E-state index contributed by atoms with van der Waals surface area (Å²) in [6, 6.07) is 6.82. The molecule has 0 aliphatic carbocycles. The van der Waals surface area contributed by atoms with Crippen LogP contribution in [0.1, 0.15) is 13.8 Å². The third kappa shape index (κ3) is 4.21. The number of esters is 2. The third-order valence-electron chi connectivity index (χ3n) is 3.82. The molecule has 1 aromatic rings. The van der Waals surface area contributed by atoms with Crippen molar-refractivity contribution < 1.29 is 19.1 Å². The number of nitriles is 1. The van der Waals surface area contributed by atoms with Crippen molar-refractivity contribution in [1.82, 2.24) is 10.6 Å². The van der Waals surface area contributed by atoms with Gasteiger partial charge in [0, 0.05) is 22.8 Å². The number of rotatable bonds is 4. The number of hydrogen-bond acceptors (Lipinski definition) is 8. The van der Waals surface area contributed by atoms with E-state index in [1.165, 1.54) is 19.1 Å². The number of nitrogens with one attached hydrogen (secondary N) is 3. The van der Waals surface area contributed by atoms with Crippen molar-refractivity contribution in [2.24, 2.45) is 0 Å². The van der Waals surface area contributed by atoms with E-state index >= 15 is 0 Å². The van der Waals surface area contributed by atoms with Crippen LogP contribution in [0.4, 0.5) is 11.4 Å². The van der Waals surface area contributed by atoms with E-state index in [0.717, 1.165) is 0 Å². The van der Waals surface area contributed by atoms with Gasteiger partial charge in [-0.3, -0.25) is 10.2 Å². The van der Waals surface area contributed by atoms with Crippen molar-refractivity contribution >= 4 is 40.6 Å². The molecule has 0 aromatic heterocycles. The van der Waals surface area contributed by atoms with Crippen molar-refractivity contribution in [3.63, 3.8) is 0 Å². The summed E-state index contributed by atoms with van der Waals surface area (Å²) in [5.74, 6) is -1.25. The van der Waals surface area contributed by atoms with Crippen LogP contribution in [0.3, 0.4) is 0 Å². The minimum Gasteiger partial charge on any atom is -0.464 e. The molecule has 1 aromatic carbocycles. The van der Waals surface area contributed by atoms with Crippen molar-refractivity contribution in [3.8, 4) is 6.19 Å². The van der Waals surface area contributed by atoms with E-state index in [-0.39, 0.29) is 16.5 Å². The summed E-state index contributed by atoms with van der Waals surface area (Å²) in [5.41, 5.74) is 2.35. The summed E-state index contributed by atoms with van der Waals surface area (Å²) >= 11 is 5.00. The Hall–Kier alpha value is -3.58. The molecule has 146 valence electrons. The number of carbonyl (C=O) groups excluding carboxylic acids is 2. The smallest absolute Gasteiger partial charge is 0.356 e. The fraction of sp³-hybridized carbons (Fsp3) is 0.222. The molecule has 0 bridgehead atoms. The first-order valence-electron chi connectivity index (χ1n) is 8.05.